The van der Waals surface area contributed by atoms with Crippen molar-refractivity contribution in [3.8, 4) is 0 Å². The van der Waals surface area contributed by atoms with Gasteiger partial charge in [-0.1, -0.05) is 0 Å². The fourth-order valence-electron chi connectivity index (χ4n) is 1.95. The van der Waals surface area contributed by atoms with Crippen LogP contribution in [-0.2, 0) is 11.5 Å². The van der Waals surface area contributed by atoms with Crippen LogP contribution in [0.5, 0.6) is 0 Å². The number of nitro groups is 1. The highest BCUT2D eigenvalue weighted by Crippen LogP contribution is 2.18. The third-order valence-corrected chi connectivity index (χ3v) is 6.49. The van der Waals surface area contributed by atoms with Crippen molar-refractivity contribution in [3.63, 3.8) is 0 Å². The van der Waals surface area contributed by atoms with Crippen LogP contribution in [-0.4, -0.2) is 39.5 Å². The Morgan fingerprint density at radius 3 is 2.63 bits per heavy atom. The van der Waals surface area contributed by atoms with E-state index in [1.807, 2.05) is 23.0 Å². The fraction of sp³-hybridized carbons (Fsp3) is 0.375. The molecule has 2 aromatic rings. The molecule has 0 aliphatic carbocycles. The van der Waals surface area contributed by atoms with Crippen LogP contribution in [0.15, 0.2) is 45.7 Å². The molecule has 146 valence electrons. The van der Waals surface area contributed by atoms with Gasteiger partial charge in [-0.3, -0.25) is 15.1 Å². The number of halogens is 1. The number of rotatable bonds is 13. The number of thiazole rings is 1. The average molecular weight is 490 g/mol. The summed E-state index contributed by atoms with van der Waals surface area (Å²) in [7, 11) is 0. The quantitative estimate of drug-likeness (QED) is 0.249. The van der Waals surface area contributed by atoms with Gasteiger partial charge in [0, 0.05) is 52.2 Å². The Labute approximate surface area is 179 Å². The van der Waals surface area contributed by atoms with E-state index in [1.165, 1.54) is 0 Å². The van der Waals surface area contributed by atoms with Gasteiger partial charge in [-0.2, -0.15) is 23.5 Å². The normalized spacial score (nSPS) is 11.4. The highest BCUT2D eigenvalue weighted by atomic mass is 79.9. The standard InChI is InChI=1S/C16H20BrN5O2S3/c17-14-2-1-3-18-15(14)11-26-7-5-20-16(8-22(23)24)19-4-6-25-9-13-10-27-12-21-13/h1-3,8,10,12,19-20H,4-7,9,11H2. The zero-order valence-corrected chi connectivity index (χ0v) is 18.5. The first kappa shape index (κ1) is 22.0. The van der Waals surface area contributed by atoms with Gasteiger partial charge in [0.25, 0.3) is 6.20 Å². The van der Waals surface area contributed by atoms with Gasteiger partial charge in [-0.15, -0.1) is 11.3 Å². The van der Waals surface area contributed by atoms with Crippen LogP contribution in [0.4, 0.5) is 0 Å². The van der Waals surface area contributed by atoms with E-state index in [0.717, 1.165) is 45.1 Å². The van der Waals surface area contributed by atoms with Gasteiger partial charge >= 0.3 is 0 Å². The van der Waals surface area contributed by atoms with Crippen molar-refractivity contribution in [2.75, 3.05) is 24.6 Å². The van der Waals surface area contributed by atoms with E-state index in [2.05, 4.69) is 36.5 Å². The van der Waals surface area contributed by atoms with Crippen molar-refractivity contribution in [1.82, 2.24) is 20.6 Å². The second-order valence-corrected chi connectivity index (χ2v) is 8.98. The molecule has 7 nitrogen and oxygen atoms in total. The molecule has 0 fully saturated rings. The summed E-state index contributed by atoms with van der Waals surface area (Å²) >= 11 is 8.53. The topological polar surface area (TPSA) is 93.0 Å². The number of pyridine rings is 1. The maximum absolute atomic E-state index is 10.8. The lowest BCUT2D eigenvalue weighted by atomic mass is 10.4. The average Bonchev–Trinajstić information content (AvgIpc) is 3.15. The monoisotopic (exact) mass is 489 g/mol. The Kier molecular flexibility index (Phi) is 10.6. The summed E-state index contributed by atoms with van der Waals surface area (Å²) in [6, 6.07) is 3.85. The van der Waals surface area contributed by atoms with Crippen molar-refractivity contribution < 1.29 is 4.92 Å². The first-order valence-corrected chi connectivity index (χ1v) is 12.1. The Morgan fingerprint density at radius 2 is 2.00 bits per heavy atom. The largest absolute Gasteiger partial charge is 0.366 e. The van der Waals surface area contributed by atoms with Crippen LogP contribution in [0.2, 0.25) is 0 Å². The van der Waals surface area contributed by atoms with Gasteiger partial charge in [0.05, 0.1) is 21.8 Å². The Balaban J connectivity index is 1.62. The van der Waals surface area contributed by atoms with Gasteiger partial charge < -0.3 is 10.6 Å². The fourth-order valence-corrected chi connectivity index (χ4v) is 4.77. The van der Waals surface area contributed by atoms with Gasteiger partial charge in [0.2, 0.25) is 0 Å². The summed E-state index contributed by atoms with van der Waals surface area (Å²) in [6.45, 7) is 1.28. The number of thioether (sulfide) groups is 2. The van der Waals surface area contributed by atoms with Gasteiger partial charge in [0.1, 0.15) is 0 Å². The first-order valence-electron chi connectivity index (χ1n) is 8.10. The number of aromatic nitrogens is 2. The Morgan fingerprint density at radius 1 is 1.26 bits per heavy atom. The van der Waals surface area contributed by atoms with Crippen LogP contribution in [0.3, 0.4) is 0 Å². The highest BCUT2D eigenvalue weighted by molar-refractivity contribution is 9.10. The molecule has 0 aromatic carbocycles. The summed E-state index contributed by atoms with van der Waals surface area (Å²) in [4.78, 5) is 18.9. The summed E-state index contributed by atoms with van der Waals surface area (Å²) in [6.07, 6.45) is 2.75. The van der Waals surface area contributed by atoms with Crippen molar-refractivity contribution in [2.45, 2.75) is 11.5 Å². The smallest absolute Gasteiger partial charge is 0.274 e. The number of nitrogens with one attached hydrogen (secondary N) is 2. The van der Waals surface area contributed by atoms with Crippen LogP contribution >= 0.6 is 50.8 Å². The minimum atomic E-state index is -0.449. The van der Waals surface area contributed by atoms with Crippen molar-refractivity contribution in [3.05, 3.63) is 67.2 Å². The van der Waals surface area contributed by atoms with Gasteiger partial charge in [0.15, 0.2) is 5.82 Å². The van der Waals surface area contributed by atoms with Crippen LogP contribution in [0.25, 0.3) is 0 Å². The molecule has 27 heavy (non-hydrogen) atoms. The minimum Gasteiger partial charge on any atom is -0.366 e. The van der Waals surface area contributed by atoms with Crippen molar-refractivity contribution in [1.29, 1.82) is 0 Å². The number of hydrogen-bond donors (Lipinski definition) is 2. The molecule has 0 spiro atoms. The van der Waals surface area contributed by atoms with Crippen molar-refractivity contribution in [2.24, 2.45) is 0 Å². The predicted molar refractivity (Wildman–Crippen MR) is 117 cm³/mol. The molecule has 0 aliphatic rings. The van der Waals surface area contributed by atoms with Crippen molar-refractivity contribution >= 4 is 50.8 Å². The molecule has 0 saturated carbocycles. The summed E-state index contributed by atoms with van der Waals surface area (Å²) in [5, 5.41) is 19.0. The third kappa shape index (κ3) is 9.45. The van der Waals surface area contributed by atoms with E-state index in [4.69, 9.17) is 0 Å². The third-order valence-electron chi connectivity index (χ3n) is 3.17. The first-order chi connectivity index (χ1) is 13.1. The molecule has 0 amide bonds. The van der Waals surface area contributed by atoms with E-state index < -0.39 is 4.92 Å². The lowest BCUT2D eigenvalue weighted by Gasteiger charge is -2.11. The minimum absolute atomic E-state index is 0.439. The Bertz CT molecular complexity index is 731. The van der Waals surface area contributed by atoms with Crippen LogP contribution in [0.1, 0.15) is 11.4 Å². The van der Waals surface area contributed by atoms with E-state index in [0.29, 0.717) is 18.9 Å². The molecule has 2 N–H and O–H groups in total. The highest BCUT2D eigenvalue weighted by Gasteiger charge is 2.04. The molecule has 0 atom stereocenters. The molecule has 2 heterocycles. The molecule has 0 unspecified atom stereocenters. The second kappa shape index (κ2) is 13.0. The van der Waals surface area contributed by atoms with E-state index >= 15 is 0 Å². The number of hydrogen-bond acceptors (Lipinski definition) is 9. The van der Waals surface area contributed by atoms with E-state index in [1.54, 1.807) is 41.1 Å². The van der Waals surface area contributed by atoms with Gasteiger partial charge in [-0.25, -0.2) is 4.98 Å². The molecular formula is C16H20BrN5O2S3. The second-order valence-electron chi connectivity index (χ2n) is 5.20. The number of nitrogens with zero attached hydrogens (tertiary/aromatic N) is 3. The molecule has 2 rings (SSSR count). The predicted octanol–water partition coefficient (Wildman–Crippen LogP) is 3.72. The van der Waals surface area contributed by atoms with Gasteiger partial charge in [-0.05, 0) is 28.1 Å². The molecular weight excluding hydrogens is 470 g/mol. The molecule has 0 radical (unpaired) electrons. The Hall–Kier alpha value is -1.30. The van der Waals surface area contributed by atoms with Crippen LogP contribution in [0, 0.1) is 10.1 Å². The molecule has 0 aliphatic heterocycles. The SMILES string of the molecule is O=[N+]([O-])C=C(NCCSCc1cscn1)NCCSCc1ncccc1Br. The molecule has 0 saturated heterocycles. The zero-order valence-electron chi connectivity index (χ0n) is 14.5. The summed E-state index contributed by atoms with van der Waals surface area (Å²) in [5.41, 5.74) is 3.89. The van der Waals surface area contributed by atoms with E-state index in [9.17, 15) is 10.1 Å². The zero-order chi connectivity index (χ0) is 19.3. The lowest BCUT2D eigenvalue weighted by Crippen LogP contribution is -2.30. The molecule has 11 heteroatoms. The lowest BCUT2D eigenvalue weighted by molar-refractivity contribution is -0.404. The maximum atomic E-state index is 10.8. The summed E-state index contributed by atoms with van der Waals surface area (Å²) in [5.74, 6) is 3.74. The molecule has 0 bridgehead atoms. The summed E-state index contributed by atoms with van der Waals surface area (Å²) < 4.78 is 0.996. The van der Waals surface area contributed by atoms with Crippen LogP contribution < -0.4 is 10.6 Å². The van der Waals surface area contributed by atoms with E-state index in [-0.39, 0.29) is 0 Å². The molecule has 2 aromatic heterocycles. The maximum Gasteiger partial charge on any atom is 0.274 e.